The van der Waals surface area contributed by atoms with Crippen LogP contribution in [-0.4, -0.2) is 55.2 Å². The first-order valence-electron chi connectivity index (χ1n) is 10.2. The van der Waals surface area contributed by atoms with Gasteiger partial charge in [0.1, 0.15) is 0 Å². The summed E-state index contributed by atoms with van der Waals surface area (Å²) < 4.78 is 5.47. The third kappa shape index (κ3) is 5.01. The SMILES string of the molecule is CCCN(CCC)C(=O)c1cncc(Nc2ccccc2N2CCOCC2)c1. The lowest BCUT2D eigenvalue weighted by Crippen LogP contribution is -2.36. The second-order valence-electron chi connectivity index (χ2n) is 7.00. The average molecular weight is 383 g/mol. The maximum Gasteiger partial charge on any atom is 0.255 e. The second kappa shape index (κ2) is 10.1. The summed E-state index contributed by atoms with van der Waals surface area (Å²) in [5.41, 5.74) is 3.59. The number of carbonyl (C=O) groups excluding carboxylic acids is 1. The number of nitrogens with zero attached hydrogens (tertiary/aromatic N) is 3. The summed E-state index contributed by atoms with van der Waals surface area (Å²) in [6.07, 6.45) is 5.31. The molecular formula is C22H30N4O2. The number of anilines is 3. The number of rotatable bonds is 8. The van der Waals surface area contributed by atoms with Gasteiger partial charge in [0, 0.05) is 32.4 Å². The molecule has 1 aliphatic heterocycles. The van der Waals surface area contributed by atoms with Gasteiger partial charge in [-0.2, -0.15) is 0 Å². The first kappa shape index (κ1) is 20.1. The van der Waals surface area contributed by atoms with Crippen molar-refractivity contribution in [2.45, 2.75) is 26.7 Å². The van der Waals surface area contributed by atoms with Gasteiger partial charge >= 0.3 is 0 Å². The predicted molar refractivity (Wildman–Crippen MR) is 113 cm³/mol. The van der Waals surface area contributed by atoms with Crippen molar-refractivity contribution in [2.75, 3.05) is 49.6 Å². The number of ether oxygens (including phenoxy) is 1. The van der Waals surface area contributed by atoms with Crippen molar-refractivity contribution in [3.63, 3.8) is 0 Å². The van der Waals surface area contributed by atoms with Gasteiger partial charge in [-0.1, -0.05) is 26.0 Å². The number of hydrogen-bond acceptors (Lipinski definition) is 5. The van der Waals surface area contributed by atoms with Crippen LogP contribution in [0.3, 0.4) is 0 Å². The Hall–Kier alpha value is -2.60. The number of carbonyl (C=O) groups is 1. The normalized spacial score (nSPS) is 14.0. The molecular weight excluding hydrogens is 352 g/mol. The Labute approximate surface area is 167 Å². The van der Waals surface area contributed by atoms with Crippen LogP contribution in [0.25, 0.3) is 0 Å². The number of pyridine rings is 1. The van der Waals surface area contributed by atoms with E-state index in [9.17, 15) is 4.79 Å². The quantitative estimate of drug-likeness (QED) is 0.750. The summed E-state index contributed by atoms with van der Waals surface area (Å²) in [4.78, 5) is 21.4. The minimum Gasteiger partial charge on any atom is -0.378 e. The number of para-hydroxylation sites is 2. The van der Waals surface area contributed by atoms with Gasteiger partial charge in [0.15, 0.2) is 0 Å². The Morgan fingerprint density at radius 1 is 1.14 bits per heavy atom. The van der Waals surface area contributed by atoms with E-state index in [2.05, 4.69) is 41.2 Å². The molecule has 0 bridgehead atoms. The van der Waals surface area contributed by atoms with Gasteiger partial charge < -0.3 is 19.9 Å². The summed E-state index contributed by atoms with van der Waals surface area (Å²) in [5, 5.41) is 3.45. The van der Waals surface area contributed by atoms with Crippen LogP contribution in [0, 0.1) is 0 Å². The van der Waals surface area contributed by atoms with E-state index in [1.165, 1.54) is 0 Å². The lowest BCUT2D eigenvalue weighted by Gasteiger charge is -2.30. The Balaban J connectivity index is 1.79. The van der Waals surface area contributed by atoms with Crippen LogP contribution in [0.15, 0.2) is 42.7 Å². The Morgan fingerprint density at radius 2 is 1.86 bits per heavy atom. The number of aromatic nitrogens is 1. The molecule has 6 nitrogen and oxygen atoms in total. The lowest BCUT2D eigenvalue weighted by molar-refractivity contribution is 0.0755. The van der Waals surface area contributed by atoms with E-state index < -0.39 is 0 Å². The van der Waals surface area contributed by atoms with Crippen LogP contribution in [0.5, 0.6) is 0 Å². The number of benzene rings is 1. The number of nitrogens with one attached hydrogen (secondary N) is 1. The van der Waals surface area contributed by atoms with Crippen LogP contribution < -0.4 is 10.2 Å². The summed E-state index contributed by atoms with van der Waals surface area (Å²) in [6.45, 7) is 8.95. The molecule has 1 aromatic heterocycles. The van der Waals surface area contributed by atoms with Crippen molar-refractivity contribution in [2.24, 2.45) is 0 Å². The average Bonchev–Trinajstić information content (AvgIpc) is 2.74. The van der Waals surface area contributed by atoms with Gasteiger partial charge in [0.05, 0.1) is 42.0 Å². The van der Waals surface area contributed by atoms with Gasteiger partial charge in [-0.15, -0.1) is 0 Å². The smallest absolute Gasteiger partial charge is 0.255 e. The molecule has 1 amide bonds. The molecule has 0 saturated carbocycles. The zero-order valence-corrected chi connectivity index (χ0v) is 16.9. The molecule has 3 rings (SSSR count). The maximum absolute atomic E-state index is 12.9. The number of morpholine rings is 1. The Kier molecular flexibility index (Phi) is 7.25. The molecule has 1 fully saturated rings. The molecule has 28 heavy (non-hydrogen) atoms. The van der Waals surface area contributed by atoms with E-state index in [1.807, 2.05) is 23.1 Å². The summed E-state index contributed by atoms with van der Waals surface area (Å²) in [7, 11) is 0. The van der Waals surface area contributed by atoms with E-state index in [1.54, 1.807) is 12.4 Å². The fraction of sp³-hybridized carbons (Fsp3) is 0.455. The third-order valence-corrected chi connectivity index (χ3v) is 4.79. The van der Waals surface area contributed by atoms with Gasteiger partial charge in [-0.05, 0) is 31.0 Å². The fourth-order valence-corrected chi connectivity index (χ4v) is 3.48. The highest BCUT2D eigenvalue weighted by atomic mass is 16.5. The van der Waals surface area contributed by atoms with E-state index in [0.717, 1.165) is 69.3 Å². The Bertz CT molecular complexity index is 769. The number of amides is 1. The van der Waals surface area contributed by atoms with Crippen molar-refractivity contribution in [1.82, 2.24) is 9.88 Å². The van der Waals surface area contributed by atoms with E-state index in [0.29, 0.717) is 5.56 Å². The largest absolute Gasteiger partial charge is 0.378 e. The molecule has 0 spiro atoms. The highest BCUT2D eigenvalue weighted by molar-refractivity contribution is 5.95. The van der Waals surface area contributed by atoms with Crippen LogP contribution in [0.2, 0.25) is 0 Å². The summed E-state index contributed by atoms with van der Waals surface area (Å²) in [6, 6.07) is 10.1. The van der Waals surface area contributed by atoms with Crippen molar-refractivity contribution >= 4 is 23.0 Å². The first-order chi connectivity index (χ1) is 13.7. The monoisotopic (exact) mass is 382 g/mol. The highest BCUT2D eigenvalue weighted by Gasteiger charge is 2.17. The molecule has 1 aliphatic rings. The Morgan fingerprint density at radius 3 is 2.57 bits per heavy atom. The van der Waals surface area contributed by atoms with Gasteiger partial charge in [-0.25, -0.2) is 0 Å². The van der Waals surface area contributed by atoms with Crippen LogP contribution in [0.1, 0.15) is 37.0 Å². The van der Waals surface area contributed by atoms with Gasteiger partial charge in [0.2, 0.25) is 0 Å². The standard InChI is InChI=1S/C22H30N4O2/c1-3-9-26(10-4-2)22(27)18-15-19(17-23-16-18)24-20-7-5-6-8-21(20)25-11-13-28-14-12-25/h5-8,15-17,24H,3-4,9-14H2,1-2H3. The molecule has 2 heterocycles. The molecule has 1 aromatic carbocycles. The highest BCUT2D eigenvalue weighted by Crippen LogP contribution is 2.29. The van der Waals surface area contributed by atoms with E-state index in [-0.39, 0.29) is 5.91 Å². The van der Waals surface area contributed by atoms with Crippen molar-refractivity contribution in [3.05, 3.63) is 48.3 Å². The summed E-state index contributed by atoms with van der Waals surface area (Å²) in [5.74, 6) is 0.0429. The van der Waals surface area contributed by atoms with Crippen LogP contribution >= 0.6 is 0 Å². The van der Waals surface area contributed by atoms with Crippen LogP contribution in [0.4, 0.5) is 17.1 Å². The molecule has 150 valence electrons. The van der Waals surface area contributed by atoms with Gasteiger partial charge in [0.25, 0.3) is 5.91 Å². The fourth-order valence-electron chi connectivity index (χ4n) is 3.48. The minimum absolute atomic E-state index is 0.0429. The topological polar surface area (TPSA) is 57.7 Å². The number of hydrogen-bond donors (Lipinski definition) is 1. The van der Waals surface area contributed by atoms with Crippen molar-refractivity contribution in [1.29, 1.82) is 0 Å². The lowest BCUT2D eigenvalue weighted by atomic mass is 10.2. The molecule has 1 N–H and O–H groups in total. The van der Waals surface area contributed by atoms with Gasteiger partial charge in [-0.3, -0.25) is 9.78 Å². The molecule has 1 saturated heterocycles. The molecule has 0 aliphatic carbocycles. The van der Waals surface area contributed by atoms with Crippen LogP contribution in [-0.2, 0) is 4.74 Å². The summed E-state index contributed by atoms with van der Waals surface area (Å²) >= 11 is 0. The molecule has 0 atom stereocenters. The third-order valence-electron chi connectivity index (χ3n) is 4.79. The minimum atomic E-state index is 0.0429. The van der Waals surface area contributed by atoms with Crippen molar-refractivity contribution < 1.29 is 9.53 Å². The molecule has 0 radical (unpaired) electrons. The maximum atomic E-state index is 12.9. The van der Waals surface area contributed by atoms with E-state index in [4.69, 9.17) is 4.74 Å². The molecule has 2 aromatic rings. The predicted octanol–water partition coefficient (Wildman–Crippen LogP) is 3.92. The second-order valence-corrected chi connectivity index (χ2v) is 7.00. The zero-order chi connectivity index (χ0) is 19.8. The van der Waals surface area contributed by atoms with Crippen molar-refractivity contribution in [3.8, 4) is 0 Å². The van der Waals surface area contributed by atoms with E-state index >= 15 is 0 Å². The first-order valence-corrected chi connectivity index (χ1v) is 10.2. The molecule has 6 heteroatoms. The molecule has 0 unspecified atom stereocenters. The zero-order valence-electron chi connectivity index (χ0n) is 16.9.